The summed E-state index contributed by atoms with van der Waals surface area (Å²) in [7, 11) is 1.87. The van der Waals surface area contributed by atoms with Gasteiger partial charge in [0.1, 0.15) is 5.01 Å². The molecule has 0 saturated heterocycles. The minimum Gasteiger partial charge on any atom is -0.478 e. The van der Waals surface area contributed by atoms with Crippen molar-refractivity contribution < 1.29 is 9.90 Å². The number of carboxylic acid groups (broad SMARTS) is 1. The zero-order valence-corrected chi connectivity index (χ0v) is 11.5. The molecular weight excluding hydrogens is 274 g/mol. The van der Waals surface area contributed by atoms with E-state index < -0.39 is 5.97 Å². The third kappa shape index (κ3) is 2.21. The van der Waals surface area contributed by atoms with Crippen molar-refractivity contribution in [2.24, 2.45) is 7.05 Å². The Morgan fingerprint density at radius 1 is 1.25 bits per heavy atom. The molecule has 0 saturated carbocycles. The van der Waals surface area contributed by atoms with E-state index in [9.17, 15) is 4.79 Å². The molecule has 0 radical (unpaired) electrons. The van der Waals surface area contributed by atoms with Gasteiger partial charge in [-0.2, -0.15) is 5.10 Å². The molecule has 0 unspecified atom stereocenters. The molecular formula is C14H11N3O2S. The summed E-state index contributed by atoms with van der Waals surface area (Å²) in [5.74, 6) is -0.925. The number of benzene rings is 1. The van der Waals surface area contributed by atoms with Crippen LogP contribution < -0.4 is 0 Å². The smallest absolute Gasteiger partial charge is 0.335 e. The van der Waals surface area contributed by atoms with Gasteiger partial charge < -0.3 is 5.11 Å². The van der Waals surface area contributed by atoms with Gasteiger partial charge in [0.05, 0.1) is 17.0 Å². The summed E-state index contributed by atoms with van der Waals surface area (Å²) in [6.45, 7) is 0. The molecule has 5 nitrogen and oxygen atoms in total. The highest BCUT2D eigenvalue weighted by Crippen LogP contribution is 2.28. The molecule has 0 spiro atoms. The zero-order valence-electron chi connectivity index (χ0n) is 10.6. The van der Waals surface area contributed by atoms with Crippen molar-refractivity contribution >= 4 is 17.3 Å². The fraction of sp³-hybridized carbons (Fsp3) is 0.0714. The monoisotopic (exact) mass is 285 g/mol. The quantitative estimate of drug-likeness (QED) is 0.803. The second kappa shape index (κ2) is 4.90. The van der Waals surface area contributed by atoms with E-state index >= 15 is 0 Å². The average molecular weight is 285 g/mol. The maximum absolute atomic E-state index is 10.8. The number of aryl methyl sites for hydroxylation is 1. The van der Waals surface area contributed by atoms with E-state index in [1.54, 1.807) is 35.1 Å². The molecule has 0 atom stereocenters. The van der Waals surface area contributed by atoms with E-state index in [1.807, 2.05) is 18.5 Å². The molecule has 100 valence electrons. The van der Waals surface area contributed by atoms with Crippen molar-refractivity contribution in [2.45, 2.75) is 0 Å². The zero-order chi connectivity index (χ0) is 14.1. The van der Waals surface area contributed by atoms with Crippen LogP contribution in [0.2, 0.25) is 0 Å². The van der Waals surface area contributed by atoms with E-state index in [2.05, 4.69) is 10.1 Å². The lowest BCUT2D eigenvalue weighted by Crippen LogP contribution is -1.95. The van der Waals surface area contributed by atoms with Gasteiger partial charge in [0, 0.05) is 24.2 Å². The topological polar surface area (TPSA) is 68.0 Å². The highest BCUT2D eigenvalue weighted by atomic mass is 32.1. The molecule has 6 heteroatoms. The van der Waals surface area contributed by atoms with Crippen LogP contribution in [0.25, 0.3) is 22.0 Å². The van der Waals surface area contributed by atoms with Crippen LogP contribution in [0.4, 0.5) is 0 Å². The minimum absolute atomic E-state index is 0.275. The van der Waals surface area contributed by atoms with Gasteiger partial charge in [-0.05, 0) is 18.2 Å². The number of rotatable bonds is 3. The Balaban J connectivity index is 1.94. The van der Waals surface area contributed by atoms with Gasteiger partial charge >= 0.3 is 5.97 Å². The van der Waals surface area contributed by atoms with Crippen LogP contribution >= 0.6 is 11.3 Å². The number of carboxylic acids is 1. The van der Waals surface area contributed by atoms with Gasteiger partial charge in [0.25, 0.3) is 0 Å². The predicted octanol–water partition coefficient (Wildman–Crippen LogP) is 2.91. The first-order chi connectivity index (χ1) is 9.65. The van der Waals surface area contributed by atoms with Crippen LogP contribution in [-0.2, 0) is 7.05 Å². The maximum atomic E-state index is 10.8. The fourth-order valence-electron chi connectivity index (χ4n) is 1.90. The Morgan fingerprint density at radius 2 is 2.00 bits per heavy atom. The molecule has 0 aliphatic carbocycles. The highest BCUT2D eigenvalue weighted by Gasteiger charge is 2.10. The average Bonchev–Trinajstić information content (AvgIpc) is 3.07. The van der Waals surface area contributed by atoms with E-state index in [-0.39, 0.29) is 5.56 Å². The van der Waals surface area contributed by atoms with Gasteiger partial charge in [0.2, 0.25) is 0 Å². The Labute approximate surface area is 119 Å². The van der Waals surface area contributed by atoms with Gasteiger partial charge in [0.15, 0.2) is 0 Å². The Kier molecular flexibility index (Phi) is 3.08. The summed E-state index contributed by atoms with van der Waals surface area (Å²) >= 11 is 1.52. The molecule has 1 aromatic carbocycles. The highest BCUT2D eigenvalue weighted by molar-refractivity contribution is 7.13. The number of nitrogens with zero attached hydrogens (tertiary/aromatic N) is 3. The third-order valence-corrected chi connectivity index (χ3v) is 3.86. The number of aromatic nitrogens is 3. The SMILES string of the molecule is Cn1nccc1-c1csc(-c2ccc(C(=O)O)cc2)n1. The summed E-state index contributed by atoms with van der Waals surface area (Å²) in [6.07, 6.45) is 1.73. The van der Waals surface area contributed by atoms with Crippen molar-refractivity contribution in [1.29, 1.82) is 0 Å². The van der Waals surface area contributed by atoms with E-state index in [1.165, 1.54) is 11.3 Å². The number of carbonyl (C=O) groups is 1. The van der Waals surface area contributed by atoms with Gasteiger partial charge in [-0.25, -0.2) is 9.78 Å². The van der Waals surface area contributed by atoms with E-state index in [0.717, 1.165) is 22.0 Å². The van der Waals surface area contributed by atoms with Crippen LogP contribution in [0, 0.1) is 0 Å². The number of hydrogen-bond acceptors (Lipinski definition) is 4. The normalized spacial score (nSPS) is 10.7. The van der Waals surface area contributed by atoms with Crippen LogP contribution in [0.5, 0.6) is 0 Å². The minimum atomic E-state index is -0.925. The van der Waals surface area contributed by atoms with Crippen LogP contribution in [-0.4, -0.2) is 25.8 Å². The largest absolute Gasteiger partial charge is 0.478 e. The number of thiazole rings is 1. The van der Waals surface area contributed by atoms with Crippen LogP contribution in [0.1, 0.15) is 10.4 Å². The Hall–Kier alpha value is -2.47. The lowest BCUT2D eigenvalue weighted by molar-refractivity contribution is 0.0697. The molecule has 0 fully saturated rings. The summed E-state index contributed by atoms with van der Waals surface area (Å²) in [6, 6.07) is 8.63. The van der Waals surface area contributed by atoms with E-state index in [0.29, 0.717) is 0 Å². The van der Waals surface area contributed by atoms with Gasteiger partial charge in [-0.3, -0.25) is 4.68 Å². The van der Waals surface area contributed by atoms with Gasteiger partial charge in [-0.15, -0.1) is 11.3 Å². The molecule has 2 heterocycles. The van der Waals surface area contributed by atoms with Crippen molar-refractivity contribution in [3.8, 4) is 22.0 Å². The summed E-state index contributed by atoms with van der Waals surface area (Å²) in [4.78, 5) is 15.4. The third-order valence-electron chi connectivity index (χ3n) is 2.97. The molecule has 0 bridgehead atoms. The Morgan fingerprint density at radius 3 is 2.60 bits per heavy atom. The first-order valence-corrected chi connectivity index (χ1v) is 6.81. The standard InChI is InChI=1S/C14H11N3O2S/c1-17-12(6-7-15-17)11-8-20-13(16-11)9-2-4-10(5-3-9)14(18)19/h2-8H,1H3,(H,18,19). The van der Waals surface area contributed by atoms with Crippen molar-refractivity contribution in [3.63, 3.8) is 0 Å². The lowest BCUT2D eigenvalue weighted by atomic mass is 10.1. The second-order valence-corrected chi connectivity index (χ2v) is 5.12. The van der Waals surface area contributed by atoms with Crippen molar-refractivity contribution in [2.75, 3.05) is 0 Å². The van der Waals surface area contributed by atoms with Gasteiger partial charge in [-0.1, -0.05) is 12.1 Å². The molecule has 20 heavy (non-hydrogen) atoms. The molecule has 3 aromatic rings. The first kappa shape index (κ1) is 12.6. The number of hydrogen-bond donors (Lipinski definition) is 1. The fourth-order valence-corrected chi connectivity index (χ4v) is 2.72. The Bertz CT molecular complexity index is 759. The summed E-state index contributed by atoms with van der Waals surface area (Å²) in [5, 5.41) is 15.8. The molecule has 3 rings (SSSR count). The predicted molar refractivity (Wildman–Crippen MR) is 76.7 cm³/mol. The van der Waals surface area contributed by atoms with Crippen molar-refractivity contribution in [1.82, 2.24) is 14.8 Å². The summed E-state index contributed by atoms with van der Waals surface area (Å²) in [5.41, 5.74) is 3.01. The first-order valence-electron chi connectivity index (χ1n) is 5.93. The van der Waals surface area contributed by atoms with E-state index in [4.69, 9.17) is 5.11 Å². The van der Waals surface area contributed by atoms with Crippen LogP contribution in [0.15, 0.2) is 41.9 Å². The second-order valence-electron chi connectivity index (χ2n) is 4.26. The molecule has 0 aliphatic rings. The number of aromatic carboxylic acids is 1. The molecule has 2 aromatic heterocycles. The molecule has 1 N–H and O–H groups in total. The summed E-state index contributed by atoms with van der Waals surface area (Å²) < 4.78 is 1.77. The van der Waals surface area contributed by atoms with Crippen LogP contribution in [0.3, 0.4) is 0 Å². The lowest BCUT2D eigenvalue weighted by Gasteiger charge is -1.98. The maximum Gasteiger partial charge on any atom is 0.335 e. The van der Waals surface area contributed by atoms with Crippen molar-refractivity contribution in [3.05, 3.63) is 47.5 Å². The molecule has 0 amide bonds. The molecule has 0 aliphatic heterocycles.